The zero-order valence-corrected chi connectivity index (χ0v) is 11.2. The lowest BCUT2D eigenvalue weighted by molar-refractivity contribution is 0.0692. The number of urea groups is 1. The molecule has 4 N–H and O–H groups in total. The quantitative estimate of drug-likeness (QED) is 0.658. The number of aromatic amines is 1. The van der Waals surface area contributed by atoms with Gasteiger partial charge in [-0.05, 0) is 37.7 Å². The molecule has 0 aromatic carbocycles. The van der Waals surface area contributed by atoms with Gasteiger partial charge in [0.05, 0.1) is 5.69 Å². The third-order valence-corrected chi connectivity index (χ3v) is 3.75. The molecule has 0 aliphatic heterocycles. The molecule has 6 heteroatoms. The number of H-pyrrole nitrogens is 1. The largest absolute Gasteiger partial charge is 0.477 e. The Morgan fingerprint density at radius 3 is 2.68 bits per heavy atom. The first-order valence-corrected chi connectivity index (χ1v) is 6.43. The van der Waals surface area contributed by atoms with Gasteiger partial charge >= 0.3 is 12.0 Å². The number of aromatic nitrogens is 1. The highest BCUT2D eigenvalue weighted by atomic mass is 16.4. The molecule has 1 aliphatic rings. The Bertz CT molecular complexity index is 503. The minimum absolute atomic E-state index is 0.00396. The predicted molar refractivity (Wildman–Crippen MR) is 71.5 cm³/mol. The van der Waals surface area contributed by atoms with Gasteiger partial charge in [0, 0.05) is 12.2 Å². The number of carboxylic acids is 1. The number of carboxylic acid groups (broad SMARTS) is 1. The van der Waals surface area contributed by atoms with Crippen molar-refractivity contribution in [3.63, 3.8) is 0 Å². The van der Waals surface area contributed by atoms with Gasteiger partial charge in [0.15, 0.2) is 0 Å². The molecule has 2 rings (SSSR count). The van der Waals surface area contributed by atoms with Crippen molar-refractivity contribution in [3.05, 3.63) is 17.5 Å². The van der Waals surface area contributed by atoms with E-state index in [1.165, 1.54) is 0 Å². The first-order valence-electron chi connectivity index (χ1n) is 6.43. The van der Waals surface area contributed by atoms with Crippen molar-refractivity contribution in [1.82, 2.24) is 10.3 Å². The van der Waals surface area contributed by atoms with Gasteiger partial charge in [-0.25, -0.2) is 9.59 Å². The molecule has 1 aliphatic carbocycles. The maximum Gasteiger partial charge on any atom is 0.354 e. The lowest BCUT2D eigenvalue weighted by Gasteiger charge is -2.13. The molecule has 0 unspecified atom stereocenters. The second-order valence-corrected chi connectivity index (χ2v) is 5.21. The van der Waals surface area contributed by atoms with Gasteiger partial charge < -0.3 is 20.7 Å². The zero-order chi connectivity index (χ0) is 14.0. The number of hydrogen-bond acceptors (Lipinski definition) is 2. The van der Waals surface area contributed by atoms with E-state index >= 15 is 0 Å². The van der Waals surface area contributed by atoms with Gasteiger partial charge in [0.1, 0.15) is 5.69 Å². The Morgan fingerprint density at radius 1 is 1.47 bits per heavy atom. The molecule has 1 saturated carbocycles. The van der Waals surface area contributed by atoms with Crippen LogP contribution in [0.25, 0.3) is 0 Å². The van der Waals surface area contributed by atoms with E-state index in [0.29, 0.717) is 17.9 Å². The number of carbonyl (C=O) groups excluding carboxylic acids is 1. The number of amides is 2. The van der Waals surface area contributed by atoms with Gasteiger partial charge in [-0.15, -0.1) is 0 Å². The zero-order valence-electron chi connectivity index (χ0n) is 11.2. The van der Waals surface area contributed by atoms with Crippen LogP contribution in [0.1, 0.15) is 42.4 Å². The lowest BCUT2D eigenvalue weighted by atomic mass is 10.0. The Morgan fingerprint density at radius 2 is 2.16 bits per heavy atom. The third kappa shape index (κ3) is 3.07. The average Bonchev–Trinajstić information content (AvgIpc) is 3.05. The van der Waals surface area contributed by atoms with E-state index in [4.69, 9.17) is 5.11 Å². The summed E-state index contributed by atoms with van der Waals surface area (Å²) in [6.45, 7) is 4.50. The molecule has 104 valence electrons. The Hall–Kier alpha value is -1.98. The van der Waals surface area contributed by atoms with Crippen LogP contribution in [0.3, 0.4) is 0 Å². The van der Waals surface area contributed by atoms with Crippen LogP contribution >= 0.6 is 0 Å². The molecule has 0 bridgehead atoms. The highest BCUT2D eigenvalue weighted by Crippen LogP contribution is 2.47. The van der Waals surface area contributed by atoms with Crippen molar-refractivity contribution >= 4 is 17.7 Å². The van der Waals surface area contributed by atoms with Crippen LogP contribution in [0, 0.1) is 12.3 Å². The predicted octanol–water partition coefficient (Wildman–Crippen LogP) is 2.33. The second-order valence-electron chi connectivity index (χ2n) is 5.21. The molecule has 1 aromatic rings. The summed E-state index contributed by atoms with van der Waals surface area (Å²) in [5.74, 6) is -1.09. The Kier molecular flexibility index (Phi) is 3.50. The summed E-state index contributed by atoms with van der Waals surface area (Å²) in [5.41, 5.74) is 1.26. The van der Waals surface area contributed by atoms with Crippen LogP contribution in [-0.2, 0) is 0 Å². The van der Waals surface area contributed by atoms with E-state index in [1.54, 1.807) is 13.0 Å². The number of hydrogen-bond donors (Lipinski definition) is 4. The van der Waals surface area contributed by atoms with Crippen molar-refractivity contribution in [3.8, 4) is 0 Å². The minimum atomic E-state index is -1.09. The van der Waals surface area contributed by atoms with Crippen LogP contribution in [0.2, 0.25) is 0 Å². The summed E-state index contributed by atoms with van der Waals surface area (Å²) >= 11 is 0. The molecule has 0 radical (unpaired) electrons. The van der Waals surface area contributed by atoms with Crippen LogP contribution in [0.5, 0.6) is 0 Å². The van der Waals surface area contributed by atoms with Gasteiger partial charge in [0.2, 0.25) is 0 Å². The van der Waals surface area contributed by atoms with Crippen molar-refractivity contribution in [2.45, 2.75) is 33.1 Å². The number of aryl methyl sites for hydroxylation is 1. The molecule has 6 nitrogen and oxygen atoms in total. The highest BCUT2D eigenvalue weighted by molar-refractivity contribution is 5.99. The van der Waals surface area contributed by atoms with E-state index in [0.717, 1.165) is 19.3 Å². The molecule has 0 atom stereocenters. The normalized spacial score (nSPS) is 15.9. The summed E-state index contributed by atoms with van der Waals surface area (Å²) in [6, 6.07) is 1.25. The summed E-state index contributed by atoms with van der Waals surface area (Å²) in [5, 5.41) is 14.4. The van der Waals surface area contributed by atoms with Crippen molar-refractivity contribution < 1.29 is 14.7 Å². The van der Waals surface area contributed by atoms with Crippen LogP contribution < -0.4 is 10.6 Å². The molecule has 2 amide bonds. The smallest absolute Gasteiger partial charge is 0.354 e. The molecule has 1 aromatic heterocycles. The molecule has 1 fully saturated rings. The first-order chi connectivity index (χ1) is 8.96. The van der Waals surface area contributed by atoms with Gasteiger partial charge in [0.25, 0.3) is 0 Å². The van der Waals surface area contributed by atoms with Crippen LogP contribution in [-0.4, -0.2) is 28.6 Å². The lowest BCUT2D eigenvalue weighted by Crippen LogP contribution is -2.33. The molecule has 0 saturated heterocycles. The highest BCUT2D eigenvalue weighted by Gasteiger charge is 2.40. The second kappa shape index (κ2) is 4.95. The summed E-state index contributed by atoms with van der Waals surface area (Å²) in [7, 11) is 0. The SMILES string of the molecule is CCC1(CNC(=O)Nc2cc(C)[nH]c2C(=O)O)CC1. The van der Waals surface area contributed by atoms with Crippen molar-refractivity contribution in [2.75, 3.05) is 11.9 Å². The topological polar surface area (TPSA) is 94.2 Å². The van der Waals surface area contributed by atoms with Gasteiger partial charge in [-0.2, -0.15) is 0 Å². The van der Waals surface area contributed by atoms with Crippen LogP contribution in [0.15, 0.2) is 6.07 Å². The summed E-state index contributed by atoms with van der Waals surface area (Å²) in [6.07, 6.45) is 3.34. The maximum atomic E-state index is 11.8. The fourth-order valence-electron chi connectivity index (χ4n) is 2.12. The number of nitrogens with one attached hydrogen (secondary N) is 3. The van der Waals surface area contributed by atoms with Crippen molar-refractivity contribution in [1.29, 1.82) is 0 Å². The molecular formula is C13H19N3O3. The molecule has 19 heavy (non-hydrogen) atoms. The van der Waals surface area contributed by atoms with E-state index < -0.39 is 5.97 Å². The van der Waals surface area contributed by atoms with Gasteiger partial charge in [-0.3, -0.25) is 0 Å². The van der Waals surface area contributed by atoms with E-state index in [-0.39, 0.29) is 17.1 Å². The number of rotatable bonds is 5. The van der Waals surface area contributed by atoms with E-state index in [9.17, 15) is 9.59 Å². The average molecular weight is 265 g/mol. The monoisotopic (exact) mass is 265 g/mol. The number of anilines is 1. The van der Waals surface area contributed by atoms with Crippen LogP contribution in [0.4, 0.5) is 10.5 Å². The Balaban J connectivity index is 1.93. The molecule has 0 spiro atoms. The third-order valence-electron chi connectivity index (χ3n) is 3.75. The minimum Gasteiger partial charge on any atom is -0.477 e. The van der Waals surface area contributed by atoms with E-state index in [2.05, 4.69) is 22.5 Å². The van der Waals surface area contributed by atoms with Crippen molar-refractivity contribution in [2.24, 2.45) is 5.41 Å². The fraction of sp³-hybridized carbons (Fsp3) is 0.538. The summed E-state index contributed by atoms with van der Waals surface area (Å²) in [4.78, 5) is 25.4. The molecule has 1 heterocycles. The summed E-state index contributed by atoms with van der Waals surface area (Å²) < 4.78 is 0. The maximum absolute atomic E-state index is 11.8. The number of aromatic carboxylic acids is 1. The Labute approximate surface area is 111 Å². The van der Waals surface area contributed by atoms with Gasteiger partial charge in [-0.1, -0.05) is 6.92 Å². The fourth-order valence-corrected chi connectivity index (χ4v) is 2.12. The number of carbonyl (C=O) groups is 2. The standard InChI is InChI=1S/C13H19N3O3/c1-3-13(4-5-13)7-14-12(19)16-9-6-8(2)15-10(9)11(17)18/h6,15H,3-5,7H2,1-2H3,(H,17,18)(H2,14,16,19). The molecular weight excluding hydrogens is 246 g/mol. The first kappa shape index (κ1) is 13.5. The van der Waals surface area contributed by atoms with E-state index in [1.807, 2.05) is 0 Å².